The van der Waals surface area contributed by atoms with E-state index in [1.54, 1.807) is 6.20 Å². The lowest BCUT2D eigenvalue weighted by Gasteiger charge is -1.99. The van der Waals surface area contributed by atoms with Gasteiger partial charge in [0, 0.05) is 30.9 Å². The first kappa shape index (κ1) is 10.8. The van der Waals surface area contributed by atoms with Crippen LogP contribution in [0.15, 0.2) is 24.4 Å². The van der Waals surface area contributed by atoms with E-state index < -0.39 is 11.6 Å². The number of aromatic amines is 1. The van der Waals surface area contributed by atoms with Crippen molar-refractivity contribution in [2.45, 2.75) is 13.0 Å². The van der Waals surface area contributed by atoms with Crippen LogP contribution in [0.2, 0.25) is 0 Å². The highest BCUT2D eigenvalue weighted by Crippen LogP contribution is 2.11. The molecule has 3 nitrogen and oxygen atoms in total. The Kier molecular flexibility index (Phi) is 2.96. The Morgan fingerprint density at radius 1 is 1.19 bits per heavy atom. The topological polar surface area (TPSA) is 54.7 Å². The predicted molar refractivity (Wildman–Crippen MR) is 55.6 cm³/mol. The number of nitrogens with one attached hydrogen (secondary N) is 1. The molecule has 0 saturated heterocycles. The number of rotatable bonds is 3. The minimum absolute atomic E-state index is 0.356. The SMILES string of the molecule is NCc1cnc(Cc2cc(F)cc(F)c2)[nH]1. The van der Waals surface area contributed by atoms with Crippen LogP contribution in [0.4, 0.5) is 8.78 Å². The molecule has 0 spiro atoms. The molecule has 16 heavy (non-hydrogen) atoms. The van der Waals surface area contributed by atoms with Gasteiger partial charge in [-0.25, -0.2) is 13.8 Å². The third-order valence-corrected chi connectivity index (χ3v) is 2.19. The summed E-state index contributed by atoms with van der Waals surface area (Å²) in [6.07, 6.45) is 1.97. The second-order valence-electron chi connectivity index (χ2n) is 3.51. The Morgan fingerprint density at radius 3 is 2.44 bits per heavy atom. The fourth-order valence-electron chi connectivity index (χ4n) is 1.51. The van der Waals surface area contributed by atoms with Gasteiger partial charge >= 0.3 is 0 Å². The Bertz CT molecular complexity index is 473. The highest BCUT2D eigenvalue weighted by atomic mass is 19.1. The molecule has 0 bridgehead atoms. The quantitative estimate of drug-likeness (QED) is 0.832. The normalized spacial score (nSPS) is 10.7. The van der Waals surface area contributed by atoms with Crippen LogP contribution < -0.4 is 5.73 Å². The summed E-state index contributed by atoms with van der Waals surface area (Å²) < 4.78 is 25.8. The van der Waals surface area contributed by atoms with Gasteiger partial charge in [0.1, 0.15) is 17.5 Å². The lowest BCUT2D eigenvalue weighted by atomic mass is 10.1. The number of hydrogen-bond donors (Lipinski definition) is 2. The van der Waals surface area contributed by atoms with Crippen LogP contribution in [0.3, 0.4) is 0 Å². The van der Waals surface area contributed by atoms with Gasteiger partial charge in [0.15, 0.2) is 0 Å². The van der Waals surface area contributed by atoms with Crippen molar-refractivity contribution in [1.82, 2.24) is 9.97 Å². The van der Waals surface area contributed by atoms with Gasteiger partial charge in [-0.2, -0.15) is 0 Å². The third kappa shape index (κ3) is 2.43. The van der Waals surface area contributed by atoms with Crippen molar-refractivity contribution in [2.75, 3.05) is 0 Å². The number of nitrogens with two attached hydrogens (primary N) is 1. The second kappa shape index (κ2) is 4.40. The van der Waals surface area contributed by atoms with E-state index in [9.17, 15) is 8.78 Å². The smallest absolute Gasteiger partial charge is 0.126 e. The van der Waals surface area contributed by atoms with Crippen LogP contribution in [-0.4, -0.2) is 9.97 Å². The summed E-state index contributed by atoms with van der Waals surface area (Å²) >= 11 is 0. The minimum Gasteiger partial charge on any atom is -0.345 e. The second-order valence-corrected chi connectivity index (χ2v) is 3.51. The summed E-state index contributed by atoms with van der Waals surface area (Å²) in [6.45, 7) is 0.366. The monoisotopic (exact) mass is 223 g/mol. The van der Waals surface area contributed by atoms with E-state index in [-0.39, 0.29) is 0 Å². The molecular weight excluding hydrogens is 212 g/mol. The van der Waals surface area contributed by atoms with Crippen LogP contribution in [0.25, 0.3) is 0 Å². The molecule has 0 radical (unpaired) electrons. The van der Waals surface area contributed by atoms with Crippen LogP contribution >= 0.6 is 0 Å². The predicted octanol–water partition coefficient (Wildman–Crippen LogP) is 1.74. The highest BCUT2D eigenvalue weighted by molar-refractivity contribution is 5.21. The lowest BCUT2D eigenvalue weighted by molar-refractivity contribution is 0.580. The van der Waals surface area contributed by atoms with Crippen molar-refractivity contribution < 1.29 is 8.78 Å². The number of benzene rings is 1. The average Bonchev–Trinajstić information content (AvgIpc) is 2.64. The molecule has 0 fully saturated rings. The lowest BCUT2D eigenvalue weighted by Crippen LogP contribution is -1.97. The molecule has 0 atom stereocenters. The fraction of sp³-hybridized carbons (Fsp3) is 0.182. The van der Waals surface area contributed by atoms with E-state index in [0.29, 0.717) is 24.4 Å². The molecule has 5 heteroatoms. The van der Waals surface area contributed by atoms with Crippen molar-refractivity contribution in [3.05, 3.63) is 53.1 Å². The molecule has 0 aliphatic rings. The van der Waals surface area contributed by atoms with Crippen molar-refractivity contribution in [1.29, 1.82) is 0 Å². The molecular formula is C11H11F2N3. The van der Waals surface area contributed by atoms with E-state index in [2.05, 4.69) is 9.97 Å². The zero-order chi connectivity index (χ0) is 11.5. The van der Waals surface area contributed by atoms with E-state index >= 15 is 0 Å². The van der Waals surface area contributed by atoms with Gasteiger partial charge in [0.05, 0.1) is 0 Å². The molecule has 84 valence electrons. The summed E-state index contributed by atoms with van der Waals surface area (Å²) in [5.41, 5.74) is 6.75. The molecule has 0 aliphatic carbocycles. The van der Waals surface area contributed by atoms with Gasteiger partial charge in [-0.1, -0.05) is 0 Å². The Hall–Kier alpha value is -1.75. The van der Waals surface area contributed by atoms with Gasteiger partial charge in [-0.3, -0.25) is 0 Å². The molecule has 0 aliphatic heterocycles. The first-order chi connectivity index (χ1) is 7.67. The molecule has 0 unspecified atom stereocenters. The molecule has 0 saturated carbocycles. The van der Waals surface area contributed by atoms with E-state index in [1.165, 1.54) is 12.1 Å². The summed E-state index contributed by atoms with van der Waals surface area (Å²) in [4.78, 5) is 7.03. The third-order valence-electron chi connectivity index (χ3n) is 2.19. The Balaban J connectivity index is 2.19. The van der Waals surface area contributed by atoms with Crippen molar-refractivity contribution in [3.8, 4) is 0 Å². The van der Waals surface area contributed by atoms with Crippen LogP contribution in [-0.2, 0) is 13.0 Å². The molecule has 0 amide bonds. The molecule has 1 heterocycles. The highest BCUT2D eigenvalue weighted by Gasteiger charge is 2.04. The summed E-state index contributed by atoms with van der Waals surface area (Å²) in [6, 6.07) is 3.42. The van der Waals surface area contributed by atoms with Gasteiger partial charge in [0.25, 0.3) is 0 Å². The maximum Gasteiger partial charge on any atom is 0.126 e. The van der Waals surface area contributed by atoms with Gasteiger partial charge in [-0.05, 0) is 17.7 Å². The maximum atomic E-state index is 12.9. The molecule has 1 aromatic heterocycles. The van der Waals surface area contributed by atoms with E-state index in [4.69, 9.17) is 5.73 Å². The van der Waals surface area contributed by atoms with E-state index in [0.717, 1.165) is 11.8 Å². The largest absolute Gasteiger partial charge is 0.345 e. The standard InChI is InChI=1S/C11H11F2N3/c12-8-1-7(2-9(13)4-8)3-11-15-6-10(5-14)16-11/h1-2,4,6H,3,5,14H2,(H,15,16). The average molecular weight is 223 g/mol. The zero-order valence-corrected chi connectivity index (χ0v) is 8.50. The number of aromatic nitrogens is 2. The van der Waals surface area contributed by atoms with E-state index in [1.807, 2.05) is 0 Å². The van der Waals surface area contributed by atoms with Crippen LogP contribution in [0, 0.1) is 11.6 Å². The van der Waals surface area contributed by atoms with Crippen molar-refractivity contribution >= 4 is 0 Å². The number of hydrogen-bond acceptors (Lipinski definition) is 2. The molecule has 1 aromatic carbocycles. The van der Waals surface area contributed by atoms with Gasteiger partial charge < -0.3 is 10.7 Å². The summed E-state index contributed by atoms with van der Waals surface area (Å²) in [5.74, 6) is -0.522. The van der Waals surface area contributed by atoms with Gasteiger partial charge in [-0.15, -0.1) is 0 Å². The zero-order valence-electron chi connectivity index (χ0n) is 8.50. The number of imidazole rings is 1. The fourth-order valence-corrected chi connectivity index (χ4v) is 1.51. The number of nitrogens with zero attached hydrogens (tertiary/aromatic N) is 1. The number of halogens is 2. The minimum atomic E-state index is -0.583. The van der Waals surface area contributed by atoms with Crippen molar-refractivity contribution in [3.63, 3.8) is 0 Å². The Morgan fingerprint density at radius 2 is 1.88 bits per heavy atom. The first-order valence-corrected chi connectivity index (χ1v) is 4.85. The molecule has 2 rings (SSSR count). The van der Waals surface area contributed by atoms with Gasteiger partial charge in [0.2, 0.25) is 0 Å². The van der Waals surface area contributed by atoms with Crippen molar-refractivity contribution in [2.24, 2.45) is 5.73 Å². The summed E-state index contributed by atoms with van der Waals surface area (Å²) in [5, 5.41) is 0. The Labute approximate surface area is 91.3 Å². The summed E-state index contributed by atoms with van der Waals surface area (Å²) in [7, 11) is 0. The van der Waals surface area contributed by atoms with Crippen LogP contribution in [0.5, 0.6) is 0 Å². The maximum absolute atomic E-state index is 12.9. The van der Waals surface area contributed by atoms with Crippen LogP contribution in [0.1, 0.15) is 17.1 Å². The molecule has 2 aromatic rings. The first-order valence-electron chi connectivity index (χ1n) is 4.85. The number of H-pyrrole nitrogens is 1. The molecule has 3 N–H and O–H groups in total.